The highest BCUT2D eigenvalue weighted by atomic mass is 35.5. The van der Waals surface area contributed by atoms with Crippen molar-refractivity contribution in [1.29, 1.82) is 0 Å². The van der Waals surface area contributed by atoms with Crippen LogP contribution in [0.1, 0.15) is 35.4 Å². The molecule has 0 spiro atoms. The highest BCUT2D eigenvalue weighted by Crippen LogP contribution is 2.38. The van der Waals surface area contributed by atoms with Crippen molar-refractivity contribution < 1.29 is 18.0 Å². The minimum absolute atomic E-state index is 0.00163. The molecule has 1 fully saturated rings. The molecule has 8 heteroatoms. The topological polar surface area (TPSA) is 29.1 Å². The molecule has 154 valence electrons. The Hall–Kier alpha value is -1.69. The molecule has 1 N–H and O–H groups in total. The second-order valence-electron chi connectivity index (χ2n) is 6.92. The predicted octanol–water partition coefficient (Wildman–Crippen LogP) is 7.03. The van der Waals surface area contributed by atoms with Crippen LogP contribution in [-0.2, 0) is 11.3 Å². The number of allylic oxidation sites excluding steroid dienone is 1. The van der Waals surface area contributed by atoms with Crippen molar-refractivity contribution in [2.45, 2.75) is 31.5 Å². The molecule has 0 bridgehead atoms. The van der Waals surface area contributed by atoms with Crippen LogP contribution >= 0.6 is 34.8 Å². The molecule has 1 saturated carbocycles. The third kappa shape index (κ3) is 6.14. The van der Waals surface area contributed by atoms with E-state index in [4.69, 9.17) is 34.8 Å². The molecule has 0 aliphatic heterocycles. The van der Waals surface area contributed by atoms with Gasteiger partial charge in [0.25, 0.3) is 0 Å². The standard InChI is InChI=1S/C21H17Cl3F3NO/c22-16-8-15(9-17(23)10-16)18(21(25,26)27)6-2-12-1-3-14(19(24)7-12)11-28-20(29)13-4-5-13/h1-3,6-10,13,18H,4-5,11H2,(H,28,29)/b6-2+. The molecule has 1 atom stereocenters. The van der Waals surface area contributed by atoms with Gasteiger partial charge in [-0.3, -0.25) is 4.79 Å². The number of hydrogen-bond acceptors (Lipinski definition) is 1. The molecular formula is C21H17Cl3F3NO. The van der Waals surface area contributed by atoms with E-state index in [1.807, 2.05) is 0 Å². The van der Waals surface area contributed by atoms with Crippen molar-refractivity contribution in [1.82, 2.24) is 5.32 Å². The lowest BCUT2D eigenvalue weighted by Gasteiger charge is -2.18. The Morgan fingerprint density at radius 3 is 2.31 bits per heavy atom. The molecule has 0 heterocycles. The van der Waals surface area contributed by atoms with Crippen LogP contribution in [0.25, 0.3) is 6.08 Å². The molecule has 2 aromatic carbocycles. The van der Waals surface area contributed by atoms with Gasteiger partial charge in [0, 0.05) is 27.5 Å². The second-order valence-corrected chi connectivity index (χ2v) is 8.20. The first kappa shape index (κ1) is 22.0. The number of carbonyl (C=O) groups excluding carboxylic acids is 1. The van der Waals surface area contributed by atoms with Gasteiger partial charge in [-0.05, 0) is 53.8 Å². The maximum atomic E-state index is 13.6. The van der Waals surface area contributed by atoms with Gasteiger partial charge < -0.3 is 5.32 Å². The fraction of sp³-hybridized carbons (Fsp3) is 0.286. The van der Waals surface area contributed by atoms with Crippen LogP contribution < -0.4 is 5.32 Å². The lowest BCUT2D eigenvalue weighted by molar-refractivity contribution is -0.139. The van der Waals surface area contributed by atoms with E-state index in [-0.39, 0.29) is 34.0 Å². The highest BCUT2D eigenvalue weighted by molar-refractivity contribution is 6.34. The van der Waals surface area contributed by atoms with Crippen LogP contribution in [0, 0.1) is 5.92 Å². The fourth-order valence-corrected chi connectivity index (χ4v) is 3.65. The molecule has 2 aromatic rings. The first-order valence-corrected chi connectivity index (χ1v) is 10.0. The summed E-state index contributed by atoms with van der Waals surface area (Å²) in [5.74, 6) is -1.77. The zero-order valence-corrected chi connectivity index (χ0v) is 17.3. The smallest absolute Gasteiger partial charge is 0.352 e. The molecule has 1 unspecified atom stereocenters. The average molecular weight is 463 g/mol. The van der Waals surface area contributed by atoms with Gasteiger partial charge in [0.15, 0.2) is 0 Å². The van der Waals surface area contributed by atoms with Gasteiger partial charge in [0.05, 0.1) is 5.92 Å². The lowest BCUT2D eigenvalue weighted by atomic mass is 9.97. The van der Waals surface area contributed by atoms with Gasteiger partial charge in [-0.2, -0.15) is 13.2 Å². The number of rotatable bonds is 6. The van der Waals surface area contributed by atoms with Crippen LogP contribution in [0.5, 0.6) is 0 Å². The Morgan fingerprint density at radius 2 is 1.76 bits per heavy atom. The summed E-state index contributed by atoms with van der Waals surface area (Å²) < 4.78 is 40.7. The van der Waals surface area contributed by atoms with Crippen molar-refractivity contribution in [2.24, 2.45) is 5.92 Å². The zero-order valence-electron chi connectivity index (χ0n) is 15.1. The Balaban J connectivity index is 1.76. The number of alkyl halides is 3. The van der Waals surface area contributed by atoms with Crippen LogP contribution in [0.3, 0.4) is 0 Å². The van der Waals surface area contributed by atoms with Crippen molar-refractivity contribution in [2.75, 3.05) is 0 Å². The minimum Gasteiger partial charge on any atom is -0.352 e. The van der Waals surface area contributed by atoms with Gasteiger partial charge in [0.1, 0.15) is 0 Å². The highest BCUT2D eigenvalue weighted by Gasteiger charge is 2.39. The van der Waals surface area contributed by atoms with Gasteiger partial charge in [-0.1, -0.05) is 59.1 Å². The Morgan fingerprint density at radius 1 is 1.10 bits per heavy atom. The van der Waals surface area contributed by atoms with Gasteiger partial charge in [0.2, 0.25) is 5.91 Å². The van der Waals surface area contributed by atoms with Crippen LogP contribution in [0.4, 0.5) is 13.2 Å². The summed E-state index contributed by atoms with van der Waals surface area (Å²) >= 11 is 17.9. The van der Waals surface area contributed by atoms with Crippen LogP contribution in [0.15, 0.2) is 42.5 Å². The minimum atomic E-state index is -4.51. The quantitative estimate of drug-likeness (QED) is 0.490. The van der Waals surface area contributed by atoms with Crippen molar-refractivity contribution in [3.8, 4) is 0 Å². The maximum Gasteiger partial charge on any atom is 0.399 e. The maximum absolute atomic E-state index is 13.6. The van der Waals surface area contributed by atoms with E-state index in [2.05, 4.69) is 5.32 Å². The molecule has 1 aliphatic rings. The third-order valence-electron chi connectivity index (χ3n) is 4.56. The van der Waals surface area contributed by atoms with E-state index in [9.17, 15) is 18.0 Å². The van der Waals surface area contributed by atoms with Gasteiger partial charge >= 0.3 is 6.18 Å². The second kappa shape index (κ2) is 8.99. The Bertz CT molecular complexity index is 919. The monoisotopic (exact) mass is 461 g/mol. The van der Waals surface area contributed by atoms with Gasteiger partial charge in [-0.25, -0.2) is 0 Å². The summed E-state index contributed by atoms with van der Waals surface area (Å²) in [7, 11) is 0. The number of halogens is 6. The van der Waals surface area contributed by atoms with Crippen molar-refractivity contribution in [3.63, 3.8) is 0 Å². The van der Waals surface area contributed by atoms with E-state index in [1.165, 1.54) is 24.3 Å². The summed E-state index contributed by atoms with van der Waals surface area (Å²) in [5, 5.41) is 3.45. The molecule has 1 amide bonds. The fourth-order valence-electron chi connectivity index (χ4n) is 2.85. The lowest BCUT2D eigenvalue weighted by Crippen LogP contribution is -2.24. The van der Waals surface area contributed by atoms with E-state index >= 15 is 0 Å². The van der Waals surface area contributed by atoms with E-state index < -0.39 is 12.1 Å². The Labute approximate surface area is 181 Å². The largest absolute Gasteiger partial charge is 0.399 e. The van der Waals surface area contributed by atoms with E-state index in [0.717, 1.165) is 18.9 Å². The third-order valence-corrected chi connectivity index (χ3v) is 5.34. The van der Waals surface area contributed by atoms with E-state index in [0.29, 0.717) is 16.1 Å². The molecule has 3 rings (SSSR count). The summed E-state index contributed by atoms with van der Waals surface area (Å²) in [6, 6.07) is 8.77. The molecular weight excluding hydrogens is 446 g/mol. The number of carbonyl (C=O) groups is 1. The van der Waals surface area contributed by atoms with Crippen molar-refractivity contribution in [3.05, 3.63) is 74.2 Å². The first-order valence-electron chi connectivity index (χ1n) is 8.90. The first-order chi connectivity index (χ1) is 13.6. The normalized spacial score (nSPS) is 15.5. The summed E-state index contributed by atoms with van der Waals surface area (Å²) in [4.78, 5) is 11.7. The molecule has 0 aromatic heterocycles. The molecule has 0 radical (unpaired) electrons. The number of hydrogen-bond donors (Lipinski definition) is 1. The average Bonchev–Trinajstić information content (AvgIpc) is 3.44. The number of nitrogens with one attached hydrogen (secondary N) is 1. The summed E-state index contributed by atoms with van der Waals surface area (Å²) in [6.45, 7) is 0.282. The summed E-state index contributed by atoms with van der Waals surface area (Å²) in [5.41, 5.74) is 1.17. The molecule has 2 nitrogen and oxygen atoms in total. The SMILES string of the molecule is O=C(NCc1ccc(/C=C/C(c2cc(Cl)cc(Cl)c2)C(F)(F)F)cc1Cl)C1CC1. The van der Waals surface area contributed by atoms with Gasteiger partial charge in [-0.15, -0.1) is 0 Å². The van der Waals surface area contributed by atoms with Crippen LogP contribution in [-0.4, -0.2) is 12.1 Å². The summed E-state index contributed by atoms with van der Waals surface area (Å²) in [6.07, 6.45) is -0.308. The van der Waals surface area contributed by atoms with Crippen molar-refractivity contribution >= 4 is 46.8 Å². The number of benzene rings is 2. The predicted molar refractivity (Wildman–Crippen MR) is 110 cm³/mol. The number of amides is 1. The molecule has 1 aliphatic carbocycles. The molecule has 29 heavy (non-hydrogen) atoms. The zero-order chi connectivity index (χ0) is 21.2. The molecule has 0 saturated heterocycles. The Kier molecular flexibility index (Phi) is 6.82. The van der Waals surface area contributed by atoms with Crippen LogP contribution in [0.2, 0.25) is 15.1 Å². The van der Waals surface area contributed by atoms with E-state index in [1.54, 1.807) is 18.2 Å².